The number of rotatable bonds is 2. The molecule has 0 unspecified atom stereocenters. The predicted molar refractivity (Wildman–Crippen MR) is 209 cm³/mol. The first-order valence-corrected chi connectivity index (χ1v) is 17.3. The van der Waals surface area contributed by atoms with Crippen molar-refractivity contribution < 1.29 is 8.83 Å². The quantitative estimate of drug-likeness (QED) is 0.188. The van der Waals surface area contributed by atoms with Gasteiger partial charge in [0, 0.05) is 54.5 Å². The molecule has 7 aromatic carbocycles. The molecule has 4 aromatic heterocycles. The molecular weight excluding hydrogens is 613 g/mol. The van der Waals surface area contributed by atoms with E-state index in [1.165, 1.54) is 43.6 Å². The number of para-hydroxylation sites is 4. The summed E-state index contributed by atoms with van der Waals surface area (Å²) in [6.07, 6.45) is 0. The summed E-state index contributed by atoms with van der Waals surface area (Å²) in [4.78, 5) is 0. The van der Waals surface area contributed by atoms with Gasteiger partial charge in [-0.25, -0.2) is 0 Å². The lowest BCUT2D eigenvalue weighted by atomic mass is 9.97. The Hall–Kier alpha value is -6.26. The molecule has 0 spiro atoms. The maximum atomic E-state index is 6.80. The fourth-order valence-corrected chi connectivity index (χ4v) is 8.68. The summed E-state index contributed by atoms with van der Waals surface area (Å²) in [5.41, 5.74) is 15.3. The van der Waals surface area contributed by atoms with Crippen LogP contribution < -0.4 is 0 Å². The lowest BCUT2D eigenvalue weighted by molar-refractivity contribution is 0.657. The SMILES string of the molecule is Cc1cc2oc3c(C)c(C)c4oc5cc(C)c(-n6c7ccccc7c7ccccc76)cc5c4c3c2cc1-n1c2ccccc2c2ccccc21. The van der Waals surface area contributed by atoms with Crippen molar-refractivity contribution in [3.63, 3.8) is 0 Å². The molecule has 4 heteroatoms. The van der Waals surface area contributed by atoms with Crippen molar-refractivity contribution in [3.05, 3.63) is 144 Å². The summed E-state index contributed by atoms with van der Waals surface area (Å²) in [5.74, 6) is 0. The van der Waals surface area contributed by atoms with Crippen molar-refractivity contribution in [2.75, 3.05) is 0 Å². The Balaban J connectivity index is 1.28. The van der Waals surface area contributed by atoms with Gasteiger partial charge in [0.15, 0.2) is 0 Å². The molecule has 0 N–H and O–H groups in total. The Morgan fingerprint density at radius 1 is 0.380 bits per heavy atom. The van der Waals surface area contributed by atoms with E-state index in [-0.39, 0.29) is 0 Å². The van der Waals surface area contributed by atoms with Crippen molar-refractivity contribution >= 4 is 87.5 Å². The number of fused-ring (bicyclic) bond motifs is 13. The van der Waals surface area contributed by atoms with E-state index in [9.17, 15) is 0 Å². The van der Waals surface area contributed by atoms with Gasteiger partial charge in [-0.05, 0) is 98.5 Å². The predicted octanol–water partition coefficient (Wildman–Crippen LogP) is 12.9. The van der Waals surface area contributed by atoms with E-state index in [0.717, 1.165) is 77.5 Å². The maximum Gasteiger partial charge on any atom is 0.139 e. The minimum absolute atomic E-state index is 0.890. The Labute approximate surface area is 287 Å². The van der Waals surface area contributed by atoms with Crippen molar-refractivity contribution in [2.24, 2.45) is 0 Å². The van der Waals surface area contributed by atoms with Crippen LogP contribution >= 0.6 is 0 Å². The summed E-state index contributed by atoms with van der Waals surface area (Å²) in [6, 6.07) is 43.9. The lowest BCUT2D eigenvalue weighted by Crippen LogP contribution is -1.97. The Kier molecular flexibility index (Phi) is 5.35. The number of aryl methyl sites for hydroxylation is 4. The fourth-order valence-electron chi connectivity index (χ4n) is 8.68. The average molecular weight is 645 g/mol. The highest BCUT2D eigenvalue weighted by atomic mass is 16.3. The first-order chi connectivity index (χ1) is 24.5. The van der Waals surface area contributed by atoms with Gasteiger partial charge >= 0.3 is 0 Å². The number of nitrogens with zero attached hydrogens (tertiary/aromatic N) is 2. The molecule has 0 aliphatic rings. The van der Waals surface area contributed by atoms with Gasteiger partial charge in [0.1, 0.15) is 22.3 Å². The van der Waals surface area contributed by atoms with Crippen LogP contribution in [0.3, 0.4) is 0 Å². The Morgan fingerprint density at radius 2 is 0.700 bits per heavy atom. The first kappa shape index (κ1) is 27.7. The van der Waals surface area contributed by atoms with Gasteiger partial charge in [0.2, 0.25) is 0 Å². The zero-order chi connectivity index (χ0) is 33.4. The molecule has 4 heterocycles. The molecule has 0 fully saturated rings. The molecule has 0 aliphatic carbocycles. The smallest absolute Gasteiger partial charge is 0.139 e. The van der Waals surface area contributed by atoms with E-state index in [1.807, 2.05) is 0 Å². The summed E-state index contributed by atoms with van der Waals surface area (Å²) in [7, 11) is 0. The fraction of sp³-hybridized carbons (Fsp3) is 0.0870. The van der Waals surface area contributed by atoms with Crippen LogP contribution in [0, 0.1) is 27.7 Å². The normalized spacial score (nSPS) is 12.4. The van der Waals surface area contributed by atoms with Gasteiger partial charge in [-0.2, -0.15) is 0 Å². The second kappa shape index (κ2) is 9.67. The average Bonchev–Trinajstić information content (AvgIpc) is 3.88. The molecule has 50 heavy (non-hydrogen) atoms. The van der Waals surface area contributed by atoms with Crippen LogP contribution in [0.5, 0.6) is 0 Å². The topological polar surface area (TPSA) is 36.1 Å². The summed E-state index contributed by atoms with van der Waals surface area (Å²) in [6.45, 7) is 8.69. The molecule has 11 rings (SSSR count). The Morgan fingerprint density at radius 3 is 1.04 bits per heavy atom. The molecule has 238 valence electrons. The molecule has 0 bridgehead atoms. The van der Waals surface area contributed by atoms with Crippen molar-refractivity contribution in [1.82, 2.24) is 9.13 Å². The highest BCUT2D eigenvalue weighted by Crippen LogP contribution is 2.46. The van der Waals surface area contributed by atoms with Gasteiger partial charge in [-0.1, -0.05) is 72.8 Å². The maximum absolute atomic E-state index is 6.80. The second-order valence-corrected chi connectivity index (χ2v) is 13.9. The first-order valence-electron chi connectivity index (χ1n) is 17.3. The third-order valence-electron chi connectivity index (χ3n) is 11.1. The van der Waals surface area contributed by atoms with Crippen LogP contribution in [0.1, 0.15) is 22.3 Å². The standard InChI is InChI=1S/C46H32N2O2/c1-25-21-41-33(23-39(25)47-35-17-9-5-13-29(35)30-14-6-10-18-36(30)47)43-44-34-24-40(26(2)22-42(34)50-46(44)28(4)27(3)45(43)49-41)48-37-19-11-7-15-31(37)32-16-8-12-20-38(32)48/h5-24H,1-4H3. The van der Waals surface area contributed by atoms with Crippen LogP contribution in [0.2, 0.25) is 0 Å². The number of furan rings is 2. The van der Waals surface area contributed by atoms with Crippen LogP contribution in [-0.2, 0) is 0 Å². The molecule has 0 atom stereocenters. The van der Waals surface area contributed by atoms with Crippen LogP contribution in [0.4, 0.5) is 0 Å². The molecule has 0 radical (unpaired) electrons. The number of aromatic nitrogens is 2. The minimum atomic E-state index is 0.890. The van der Waals surface area contributed by atoms with Crippen LogP contribution in [-0.4, -0.2) is 9.13 Å². The molecule has 0 saturated heterocycles. The number of benzene rings is 7. The zero-order valence-electron chi connectivity index (χ0n) is 28.3. The second-order valence-electron chi connectivity index (χ2n) is 13.9. The van der Waals surface area contributed by atoms with E-state index in [4.69, 9.17) is 8.83 Å². The van der Waals surface area contributed by atoms with Crippen molar-refractivity contribution in [2.45, 2.75) is 27.7 Å². The van der Waals surface area contributed by atoms with E-state index >= 15 is 0 Å². The molecule has 4 nitrogen and oxygen atoms in total. The van der Waals surface area contributed by atoms with Crippen molar-refractivity contribution in [1.29, 1.82) is 0 Å². The number of hydrogen-bond donors (Lipinski definition) is 0. The highest BCUT2D eigenvalue weighted by Gasteiger charge is 2.24. The molecule has 0 saturated carbocycles. The summed E-state index contributed by atoms with van der Waals surface area (Å²) < 4.78 is 18.4. The third kappa shape index (κ3) is 3.45. The van der Waals surface area contributed by atoms with Crippen LogP contribution in [0.25, 0.3) is 98.9 Å². The zero-order valence-corrected chi connectivity index (χ0v) is 28.3. The molecule has 0 aliphatic heterocycles. The van der Waals surface area contributed by atoms with Gasteiger partial charge in [0.25, 0.3) is 0 Å². The van der Waals surface area contributed by atoms with E-state index in [0.29, 0.717) is 0 Å². The summed E-state index contributed by atoms with van der Waals surface area (Å²) >= 11 is 0. The largest absolute Gasteiger partial charge is 0.456 e. The molecular formula is C46H32N2O2. The number of hydrogen-bond acceptors (Lipinski definition) is 2. The van der Waals surface area contributed by atoms with E-state index in [2.05, 4.69) is 158 Å². The summed E-state index contributed by atoms with van der Waals surface area (Å²) in [5, 5.41) is 9.41. The van der Waals surface area contributed by atoms with Gasteiger partial charge in [-0.15, -0.1) is 0 Å². The van der Waals surface area contributed by atoms with Gasteiger partial charge < -0.3 is 18.0 Å². The van der Waals surface area contributed by atoms with Gasteiger partial charge in [-0.3, -0.25) is 0 Å². The van der Waals surface area contributed by atoms with Gasteiger partial charge in [0.05, 0.1) is 22.1 Å². The van der Waals surface area contributed by atoms with Crippen molar-refractivity contribution in [3.8, 4) is 11.4 Å². The monoisotopic (exact) mass is 644 g/mol. The Bertz CT molecular complexity index is 2930. The third-order valence-corrected chi connectivity index (χ3v) is 11.1. The van der Waals surface area contributed by atoms with E-state index < -0.39 is 0 Å². The molecule has 0 amide bonds. The lowest BCUT2D eigenvalue weighted by Gasteiger charge is -2.12. The van der Waals surface area contributed by atoms with Crippen LogP contribution in [0.15, 0.2) is 130 Å². The highest BCUT2D eigenvalue weighted by molar-refractivity contribution is 6.28. The van der Waals surface area contributed by atoms with E-state index in [1.54, 1.807) is 0 Å². The molecule has 11 aromatic rings. The minimum Gasteiger partial charge on any atom is -0.456 e.